The largest absolute Gasteiger partial charge is 0.381 e. The van der Waals surface area contributed by atoms with Crippen molar-refractivity contribution in [2.45, 2.75) is 13.0 Å². The number of rotatable bonds is 0. The van der Waals surface area contributed by atoms with Gasteiger partial charge >= 0.3 is 0 Å². The third kappa shape index (κ3) is 2.78. The van der Waals surface area contributed by atoms with Gasteiger partial charge in [0.25, 0.3) is 0 Å². The van der Waals surface area contributed by atoms with Crippen LogP contribution in [0.3, 0.4) is 0 Å². The fraction of sp³-hybridized carbons (Fsp3) is 0.250. The van der Waals surface area contributed by atoms with Gasteiger partial charge in [-0.3, -0.25) is 0 Å². The van der Waals surface area contributed by atoms with Crippen molar-refractivity contribution in [1.29, 1.82) is 0 Å². The summed E-state index contributed by atoms with van der Waals surface area (Å²) in [4.78, 5) is 7.53. The van der Waals surface area contributed by atoms with Crippen molar-refractivity contribution >= 4 is 0 Å². The van der Waals surface area contributed by atoms with Crippen LogP contribution in [0.1, 0.15) is 12.5 Å². The van der Waals surface area contributed by atoms with Crippen LogP contribution >= 0.6 is 0 Å². The Hall–Kier alpha value is -1.40. The molecule has 3 nitrogen and oxygen atoms in total. The molecular weight excluding hydrogens is 140 g/mol. The predicted molar refractivity (Wildman–Crippen MR) is 40.6 cm³/mol. The molecule has 1 N–H and O–H groups in total. The van der Waals surface area contributed by atoms with Crippen LogP contribution < -0.4 is 0 Å². The maximum Gasteiger partial charge on any atom is 0.115 e. The molecule has 0 bridgehead atoms. The lowest BCUT2D eigenvalue weighted by atomic mass is 10.3. The molecule has 0 spiro atoms. The van der Waals surface area contributed by atoms with Gasteiger partial charge in [-0.2, -0.15) is 0 Å². The molecule has 0 aromatic carbocycles. The number of aliphatic hydroxyl groups is 1. The van der Waals surface area contributed by atoms with Crippen LogP contribution in [0.5, 0.6) is 0 Å². The summed E-state index contributed by atoms with van der Waals surface area (Å²) in [5, 5.41) is 8.80. The van der Waals surface area contributed by atoms with Crippen molar-refractivity contribution in [3.8, 4) is 11.8 Å². The van der Waals surface area contributed by atoms with E-state index in [1.807, 2.05) is 0 Å². The van der Waals surface area contributed by atoms with Gasteiger partial charge < -0.3 is 5.11 Å². The van der Waals surface area contributed by atoms with Gasteiger partial charge in [0.2, 0.25) is 0 Å². The second-order valence-corrected chi connectivity index (χ2v) is 2.07. The molecule has 0 amide bonds. The Balaban J connectivity index is 2.75. The smallest absolute Gasteiger partial charge is 0.115 e. The topological polar surface area (TPSA) is 46.0 Å². The highest BCUT2D eigenvalue weighted by Gasteiger charge is 1.85. The van der Waals surface area contributed by atoms with Crippen LogP contribution in [-0.4, -0.2) is 21.2 Å². The third-order valence-electron chi connectivity index (χ3n) is 0.986. The standard InChI is InChI=1S/C8H8N2O/c1-7(11)2-3-8-4-9-6-10-5-8/h4-7,11H,1H3/t7-/m0/s1. The quantitative estimate of drug-likeness (QED) is 0.535. The SMILES string of the molecule is C[C@H](O)C#Cc1cncnc1. The van der Waals surface area contributed by atoms with Gasteiger partial charge in [-0.05, 0) is 6.92 Å². The summed E-state index contributed by atoms with van der Waals surface area (Å²) in [6.45, 7) is 1.61. The molecule has 0 aliphatic carbocycles. The van der Waals surface area contributed by atoms with Gasteiger partial charge in [0, 0.05) is 12.4 Å². The number of aliphatic hydroxyl groups excluding tert-OH is 1. The molecular formula is C8H8N2O. The molecule has 56 valence electrons. The molecule has 3 heteroatoms. The van der Waals surface area contributed by atoms with Crippen LogP contribution in [0, 0.1) is 11.8 Å². The molecule has 0 radical (unpaired) electrons. The molecule has 1 atom stereocenters. The van der Waals surface area contributed by atoms with E-state index in [1.165, 1.54) is 6.33 Å². The highest BCUT2D eigenvalue weighted by Crippen LogP contribution is 1.88. The average molecular weight is 148 g/mol. The summed E-state index contributed by atoms with van der Waals surface area (Å²) in [6, 6.07) is 0. The lowest BCUT2D eigenvalue weighted by molar-refractivity contribution is 0.253. The highest BCUT2D eigenvalue weighted by atomic mass is 16.3. The van der Waals surface area contributed by atoms with Crippen molar-refractivity contribution in [3.05, 3.63) is 24.3 Å². The molecule has 1 heterocycles. The van der Waals surface area contributed by atoms with Crippen LogP contribution in [0.25, 0.3) is 0 Å². The Morgan fingerprint density at radius 2 is 2.09 bits per heavy atom. The number of aromatic nitrogens is 2. The Bertz CT molecular complexity index is 271. The first-order chi connectivity index (χ1) is 5.29. The van der Waals surface area contributed by atoms with Crippen molar-refractivity contribution in [1.82, 2.24) is 9.97 Å². The average Bonchev–Trinajstić information content (AvgIpc) is 2.03. The van der Waals surface area contributed by atoms with Gasteiger partial charge in [0.15, 0.2) is 0 Å². The minimum atomic E-state index is -0.602. The normalized spacial score (nSPS) is 11.5. The maximum atomic E-state index is 8.80. The fourth-order valence-corrected chi connectivity index (χ4v) is 0.551. The maximum absolute atomic E-state index is 8.80. The van der Waals surface area contributed by atoms with Gasteiger partial charge in [-0.1, -0.05) is 11.8 Å². The zero-order chi connectivity index (χ0) is 8.10. The number of hydrogen-bond acceptors (Lipinski definition) is 3. The second-order valence-electron chi connectivity index (χ2n) is 2.07. The van der Waals surface area contributed by atoms with Crippen LogP contribution in [0.4, 0.5) is 0 Å². The second kappa shape index (κ2) is 3.69. The summed E-state index contributed by atoms with van der Waals surface area (Å²) in [5.41, 5.74) is 0.716. The van der Waals surface area contributed by atoms with E-state index in [0.29, 0.717) is 5.56 Å². The van der Waals surface area contributed by atoms with E-state index in [-0.39, 0.29) is 0 Å². The summed E-state index contributed by atoms with van der Waals surface area (Å²) in [5.74, 6) is 5.31. The zero-order valence-corrected chi connectivity index (χ0v) is 6.15. The van der Waals surface area contributed by atoms with Crippen LogP contribution in [-0.2, 0) is 0 Å². The molecule has 1 aromatic heterocycles. The minimum absolute atomic E-state index is 0.602. The number of hydrogen-bond donors (Lipinski definition) is 1. The van der Waals surface area contributed by atoms with E-state index < -0.39 is 6.10 Å². The zero-order valence-electron chi connectivity index (χ0n) is 6.15. The van der Waals surface area contributed by atoms with E-state index in [9.17, 15) is 0 Å². The fourth-order valence-electron chi connectivity index (χ4n) is 0.551. The molecule has 0 aliphatic rings. The Morgan fingerprint density at radius 1 is 1.45 bits per heavy atom. The molecule has 0 saturated carbocycles. The van der Waals surface area contributed by atoms with Gasteiger partial charge in [-0.25, -0.2) is 9.97 Å². The van der Waals surface area contributed by atoms with E-state index >= 15 is 0 Å². The molecule has 1 aromatic rings. The van der Waals surface area contributed by atoms with Crippen LogP contribution in [0.15, 0.2) is 18.7 Å². The van der Waals surface area contributed by atoms with Crippen molar-refractivity contribution in [2.75, 3.05) is 0 Å². The molecule has 0 fully saturated rings. The molecule has 11 heavy (non-hydrogen) atoms. The minimum Gasteiger partial charge on any atom is -0.381 e. The summed E-state index contributed by atoms with van der Waals surface area (Å²) in [7, 11) is 0. The van der Waals surface area contributed by atoms with E-state index in [4.69, 9.17) is 5.11 Å². The predicted octanol–water partition coefficient (Wildman–Crippen LogP) is 0.209. The van der Waals surface area contributed by atoms with Crippen molar-refractivity contribution in [2.24, 2.45) is 0 Å². The lowest BCUT2D eigenvalue weighted by Crippen LogP contribution is -1.92. The van der Waals surface area contributed by atoms with E-state index in [0.717, 1.165) is 0 Å². The Morgan fingerprint density at radius 3 is 2.64 bits per heavy atom. The molecule has 0 aliphatic heterocycles. The molecule has 0 saturated heterocycles. The Labute approximate surface area is 65.1 Å². The van der Waals surface area contributed by atoms with Gasteiger partial charge in [0.05, 0.1) is 5.56 Å². The first kappa shape index (κ1) is 7.70. The highest BCUT2D eigenvalue weighted by molar-refractivity contribution is 5.29. The van der Waals surface area contributed by atoms with Crippen molar-refractivity contribution < 1.29 is 5.11 Å². The first-order valence-corrected chi connectivity index (χ1v) is 3.23. The third-order valence-corrected chi connectivity index (χ3v) is 0.986. The summed E-state index contributed by atoms with van der Waals surface area (Å²) >= 11 is 0. The van der Waals surface area contributed by atoms with E-state index in [2.05, 4.69) is 21.8 Å². The van der Waals surface area contributed by atoms with Gasteiger partial charge in [-0.15, -0.1) is 0 Å². The Kier molecular flexibility index (Phi) is 2.59. The van der Waals surface area contributed by atoms with Gasteiger partial charge in [0.1, 0.15) is 12.4 Å². The summed E-state index contributed by atoms with van der Waals surface area (Å²) in [6.07, 6.45) is 4.04. The number of nitrogens with zero attached hydrogens (tertiary/aromatic N) is 2. The monoisotopic (exact) mass is 148 g/mol. The molecule has 1 rings (SSSR count). The molecule has 0 unspecified atom stereocenters. The first-order valence-electron chi connectivity index (χ1n) is 3.23. The van der Waals surface area contributed by atoms with Crippen LogP contribution in [0.2, 0.25) is 0 Å². The van der Waals surface area contributed by atoms with Crippen molar-refractivity contribution in [3.63, 3.8) is 0 Å². The summed E-state index contributed by atoms with van der Waals surface area (Å²) < 4.78 is 0. The van der Waals surface area contributed by atoms with E-state index in [1.54, 1.807) is 19.3 Å². The lowest BCUT2D eigenvalue weighted by Gasteiger charge is -1.87.